The summed E-state index contributed by atoms with van der Waals surface area (Å²) in [5, 5.41) is 7.85. The molecule has 1 aromatic rings. The van der Waals surface area contributed by atoms with Gasteiger partial charge in [0.05, 0.1) is 12.3 Å². The van der Waals surface area contributed by atoms with Gasteiger partial charge in [-0.25, -0.2) is 0 Å². The van der Waals surface area contributed by atoms with Crippen LogP contribution in [0.5, 0.6) is 0 Å². The van der Waals surface area contributed by atoms with Crippen LogP contribution in [-0.2, 0) is 11.3 Å². The Labute approximate surface area is 117 Å². The smallest absolute Gasteiger partial charge is 0.0596 e. The van der Waals surface area contributed by atoms with Crippen LogP contribution < -0.4 is 5.32 Å². The van der Waals surface area contributed by atoms with E-state index in [0.717, 1.165) is 57.3 Å². The van der Waals surface area contributed by atoms with Crippen molar-refractivity contribution in [1.29, 1.82) is 0 Å². The van der Waals surface area contributed by atoms with Gasteiger partial charge in [-0.3, -0.25) is 4.68 Å². The molecule has 0 saturated carbocycles. The van der Waals surface area contributed by atoms with E-state index in [-0.39, 0.29) is 0 Å². The molecule has 0 radical (unpaired) electrons. The molecule has 0 unspecified atom stereocenters. The molecule has 1 heterocycles. The van der Waals surface area contributed by atoms with E-state index in [1.807, 2.05) is 6.92 Å². The number of ether oxygens (including phenoxy) is 1. The molecule has 0 atom stereocenters. The van der Waals surface area contributed by atoms with Crippen LogP contribution in [0.15, 0.2) is 6.07 Å². The Morgan fingerprint density at radius 3 is 2.68 bits per heavy atom. The molecule has 0 aliphatic carbocycles. The van der Waals surface area contributed by atoms with Gasteiger partial charge in [-0.05, 0) is 45.2 Å². The molecule has 4 heteroatoms. The van der Waals surface area contributed by atoms with E-state index in [9.17, 15) is 0 Å². The van der Waals surface area contributed by atoms with Crippen molar-refractivity contribution in [1.82, 2.24) is 15.1 Å². The number of hydrogen-bond donors (Lipinski definition) is 1. The maximum atomic E-state index is 5.55. The van der Waals surface area contributed by atoms with Crippen LogP contribution >= 0.6 is 0 Å². The van der Waals surface area contributed by atoms with Crippen LogP contribution in [0.25, 0.3) is 0 Å². The predicted molar refractivity (Wildman–Crippen MR) is 79.5 cm³/mol. The lowest BCUT2D eigenvalue weighted by Gasteiger charge is -2.08. The molecule has 0 aromatic carbocycles. The third-order valence-electron chi connectivity index (χ3n) is 3.09. The molecule has 0 aliphatic heterocycles. The van der Waals surface area contributed by atoms with Crippen LogP contribution in [0, 0.1) is 19.8 Å². The highest BCUT2D eigenvalue weighted by Gasteiger charge is 1.99. The minimum Gasteiger partial charge on any atom is -0.380 e. The summed E-state index contributed by atoms with van der Waals surface area (Å²) in [4.78, 5) is 0. The highest BCUT2D eigenvalue weighted by atomic mass is 16.5. The van der Waals surface area contributed by atoms with Gasteiger partial charge in [0.2, 0.25) is 0 Å². The van der Waals surface area contributed by atoms with Gasteiger partial charge in [-0.1, -0.05) is 13.8 Å². The summed E-state index contributed by atoms with van der Waals surface area (Å²) in [7, 11) is 0. The second-order valence-corrected chi connectivity index (χ2v) is 5.55. The Morgan fingerprint density at radius 1 is 1.26 bits per heavy atom. The van der Waals surface area contributed by atoms with Crippen LogP contribution in [0.2, 0.25) is 0 Å². The topological polar surface area (TPSA) is 39.1 Å². The van der Waals surface area contributed by atoms with E-state index in [1.165, 1.54) is 5.69 Å². The van der Waals surface area contributed by atoms with Gasteiger partial charge >= 0.3 is 0 Å². The minimum atomic E-state index is 0.730. The van der Waals surface area contributed by atoms with Crippen molar-refractivity contribution in [2.45, 2.75) is 47.1 Å². The molecular weight excluding hydrogens is 238 g/mol. The molecule has 0 bridgehead atoms. The van der Waals surface area contributed by atoms with E-state index < -0.39 is 0 Å². The molecule has 1 aromatic heterocycles. The van der Waals surface area contributed by atoms with Gasteiger partial charge in [-0.15, -0.1) is 0 Å². The van der Waals surface area contributed by atoms with Crippen molar-refractivity contribution in [3.63, 3.8) is 0 Å². The fourth-order valence-corrected chi connectivity index (χ4v) is 1.95. The lowest BCUT2D eigenvalue weighted by atomic mass is 10.1. The van der Waals surface area contributed by atoms with Gasteiger partial charge in [0, 0.05) is 25.4 Å². The predicted octanol–water partition coefficient (Wildman–Crippen LogP) is 2.54. The zero-order valence-corrected chi connectivity index (χ0v) is 12.9. The zero-order chi connectivity index (χ0) is 14.1. The highest BCUT2D eigenvalue weighted by molar-refractivity contribution is 5.06. The molecule has 0 spiro atoms. The number of nitrogens with one attached hydrogen (secondary N) is 1. The monoisotopic (exact) mass is 267 g/mol. The minimum absolute atomic E-state index is 0.730. The molecule has 19 heavy (non-hydrogen) atoms. The van der Waals surface area contributed by atoms with Crippen molar-refractivity contribution < 1.29 is 4.74 Å². The van der Waals surface area contributed by atoms with Gasteiger partial charge < -0.3 is 10.1 Å². The molecule has 0 fully saturated rings. The summed E-state index contributed by atoms with van der Waals surface area (Å²) in [6.45, 7) is 13.2. The van der Waals surface area contributed by atoms with E-state index in [2.05, 4.69) is 41.9 Å². The van der Waals surface area contributed by atoms with Gasteiger partial charge in [0.1, 0.15) is 0 Å². The van der Waals surface area contributed by atoms with E-state index in [1.54, 1.807) is 0 Å². The maximum absolute atomic E-state index is 5.55. The molecule has 1 N–H and O–H groups in total. The average Bonchev–Trinajstić information content (AvgIpc) is 2.65. The molecule has 110 valence electrons. The largest absolute Gasteiger partial charge is 0.380 e. The molecule has 0 saturated heterocycles. The number of hydrogen-bond acceptors (Lipinski definition) is 3. The number of nitrogens with zero attached hydrogens (tertiary/aromatic N) is 2. The summed E-state index contributed by atoms with van der Waals surface area (Å²) in [5.41, 5.74) is 2.35. The molecule has 4 nitrogen and oxygen atoms in total. The van der Waals surface area contributed by atoms with E-state index in [0.29, 0.717) is 0 Å². The quantitative estimate of drug-likeness (QED) is 0.662. The van der Waals surface area contributed by atoms with Crippen LogP contribution in [-0.4, -0.2) is 36.1 Å². The van der Waals surface area contributed by atoms with Crippen molar-refractivity contribution in [2.75, 3.05) is 26.3 Å². The van der Waals surface area contributed by atoms with Crippen molar-refractivity contribution in [3.05, 3.63) is 17.5 Å². The normalized spacial score (nSPS) is 11.4. The molecule has 0 aliphatic rings. The van der Waals surface area contributed by atoms with Gasteiger partial charge in [-0.2, -0.15) is 5.10 Å². The Kier molecular flexibility index (Phi) is 7.75. The molecular formula is C15H29N3O. The summed E-state index contributed by atoms with van der Waals surface area (Å²) < 4.78 is 7.63. The number of rotatable bonds is 10. The van der Waals surface area contributed by atoms with Crippen molar-refractivity contribution in [3.8, 4) is 0 Å². The highest BCUT2D eigenvalue weighted by Crippen LogP contribution is 2.02. The Morgan fingerprint density at radius 2 is 2.05 bits per heavy atom. The lowest BCUT2D eigenvalue weighted by molar-refractivity contribution is 0.125. The van der Waals surface area contributed by atoms with Crippen molar-refractivity contribution in [2.24, 2.45) is 5.92 Å². The first-order valence-electron chi connectivity index (χ1n) is 7.39. The van der Waals surface area contributed by atoms with Crippen LogP contribution in [0.4, 0.5) is 0 Å². The molecule has 0 amide bonds. The van der Waals surface area contributed by atoms with Crippen LogP contribution in [0.3, 0.4) is 0 Å². The number of aromatic nitrogens is 2. The number of aryl methyl sites for hydroxylation is 3. The summed E-state index contributed by atoms with van der Waals surface area (Å²) in [6, 6.07) is 2.12. The Balaban J connectivity index is 1.93. The Hall–Kier alpha value is -0.870. The van der Waals surface area contributed by atoms with Gasteiger partial charge in [0.15, 0.2) is 0 Å². The lowest BCUT2D eigenvalue weighted by Crippen LogP contribution is -2.22. The summed E-state index contributed by atoms with van der Waals surface area (Å²) in [5.74, 6) is 0.730. The second kappa shape index (κ2) is 9.10. The first kappa shape index (κ1) is 16.2. The van der Waals surface area contributed by atoms with Crippen molar-refractivity contribution >= 4 is 0 Å². The SMILES string of the molecule is Cc1cc(C)n(CCCNCCOCCC(C)C)n1. The second-order valence-electron chi connectivity index (χ2n) is 5.55. The Bertz CT molecular complexity index is 347. The summed E-state index contributed by atoms with van der Waals surface area (Å²) >= 11 is 0. The summed E-state index contributed by atoms with van der Waals surface area (Å²) in [6.07, 6.45) is 2.26. The van der Waals surface area contributed by atoms with Crippen LogP contribution in [0.1, 0.15) is 38.1 Å². The van der Waals surface area contributed by atoms with E-state index in [4.69, 9.17) is 4.74 Å². The van der Waals surface area contributed by atoms with E-state index >= 15 is 0 Å². The standard InChI is InChI=1S/C15H29N3O/c1-13(2)6-10-19-11-8-16-7-5-9-18-15(4)12-14(3)17-18/h12-13,16H,5-11H2,1-4H3. The fraction of sp³-hybridized carbons (Fsp3) is 0.800. The zero-order valence-electron chi connectivity index (χ0n) is 12.9. The first-order chi connectivity index (χ1) is 9.09. The fourth-order valence-electron chi connectivity index (χ4n) is 1.95. The third-order valence-corrected chi connectivity index (χ3v) is 3.09. The van der Waals surface area contributed by atoms with Gasteiger partial charge in [0.25, 0.3) is 0 Å². The first-order valence-corrected chi connectivity index (χ1v) is 7.39. The molecule has 1 rings (SSSR count). The maximum Gasteiger partial charge on any atom is 0.0596 e. The average molecular weight is 267 g/mol. The third kappa shape index (κ3) is 7.33.